The lowest BCUT2D eigenvalue weighted by Gasteiger charge is -2.40. The van der Waals surface area contributed by atoms with Crippen molar-refractivity contribution in [1.82, 2.24) is 9.80 Å². The first kappa shape index (κ1) is 14.5. The molecule has 3 aliphatic heterocycles. The van der Waals surface area contributed by atoms with Gasteiger partial charge < -0.3 is 9.64 Å². The summed E-state index contributed by atoms with van der Waals surface area (Å²) < 4.78 is 6.20. The predicted octanol–water partition coefficient (Wildman–Crippen LogP) is 4.02. The molecular formula is C19H21N3OS. The van der Waals surface area contributed by atoms with Gasteiger partial charge in [-0.25, -0.2) is 4.99 Å². The highest BCUT2D eigenvalue weighted by Crippen LogP contribution is 2.43. The highest BCUT2D eigenvalue weighted by molar-refractivity contribution is 7.14. The van der Waals surface area contributed by atoms with E-state index in [1.807, 2.05) is 24.3 Å². The summed E-state index contributed by atoms with van der Waals surface area (Å²) >= 11 is 1.71. The van der Waals surface area contributed by atoms with Gasteiger partial charge >= 0.3 is 0 Å². The molecule has 4 nitrogen and oxygen atoms in total. The average Bonchev–Trinajstić information content (AvgIpc) is 2.95. The van der Waals surface area contributed by atoms with Gasteiger partial charge in [-0.1, -0.05) is 12.1 Å². The summed E-state index contributed by atoms with van der Waals surface area (Å²) in [7, 11) is 2.27. The number of para-hydroxylation sites is 2. The summed E-state index contributed by atoms with van der Waals surface area (Å²) in [5, 5.41) is 0.975. The molecule has 5 rings (SSSR count). The number of ether oxygens (including phenoxy) is 1. The van der Waals surface area contributed by atoms with E-state index >= 15 is 0 Å². The number of hydrogen-bond donors (Lipinski definition) is 0. The third-order valence-electron chi connectivity index (χ3n) is 5.50. The number of likely N-dealkylation sites (N-methyl/N-ethyl adjacent to an activating group) is 1. The van der Waals surface area contributed by atoms with Gasteiger partial charge in [0.25, 0.3) is 0 Å². The maximum Gasteiger partial charge on any atom is 0.192 e. The van der Waals surface area contributed by atoms with E-state index in [9.17, 15) is 0 Å². The van der Waals surface area contributed by atoms with Crippen LogP contribution in [0.4, 0.5) is 5.69 Å². The molecule has 0 spiro atoms. The second-order valence-electron chi connectivity index (χ2n) is 7.02. The minimum Gasteiger partial charge on any atom is -0.444 e. The molecule has 2 saturated heterocycles. The Kier molecular flexibility index (Phi) is 3.22. The van der Waals surface area contributed by atoms with Gasteiger partial charge in [0, 0.05) is 30.1 Å². The van der Waals surface area contributed by atoms with Crippen molar-refractivity contribution < 1.29 is 4.74 Å². The molecule has 124 valence electrons. The molecule has 0 amide bonds. The Balaban J connectivity index is 1.62. The van der Waals surface area contributed by atoms with Gasteiger partial charge in [-0.2, -0.15) is 0 Å². The standard InChI is InChI=1S/C19H21N3OS/c1-12-9-15-18(22-10-13-7-8-14(11-22)21(13)2)20-16-5-3-4-6-17(16)23-19(15)24-12/h3-6,9,13-14H,7-8,10-11H2,1-2H3. The zero-order valence-corrected chi connectivity index (χ0v) is 14.8. The number of benzene rings is 1. The first-order chi connectivity index (χ1) is 11.7. The van der Waals surface area contributed by atoms with Gasteiger partial charge in [0.1, 0.15) is 11.5 Å². The SMILES string of the molecule is Cc1cc2c(s1)Oc1ccccc1N=C2N1CC2CCC(C1)N2C. The van der Waals surface area contributed by atoms with Crippen LogP contribution in [0.5, 0.6) is 10.8 Å². The Morgan fingerprint density at radius 2 is 1.92 bits per heavy atom. The summed E-state index contributed by atoms with van der Waals surface area (Å²) in [6, 6.07) is 11.6. The molecule has 0 radical (unpaired) electrons. The molecule has 24 heavy (non-hydrogen) atoms. The Bertz CT molecular complexity index is 814. The van der Waals surface area contributed by atoms with Gasteiger partial charge in [0.2, 0.25) is 0 Å². The van der Waals surface area contributed by atoms with Gasteiger partial charge in [-0.15, -0.1) is 11.3 Å². The molecule has 1 aromatic heterocycles. The topological polar surface area (TPSA) is 28.1 Å². The normalized spacial score (nSPS) is 25.6. The number of piperazine rings is 1. The van der Waals surface area contributed by atoms with Crippen molar-refractivity contribution in [3.05, 3.63) is 40.8 Å². The van der Waals surface area contributed by atoms with E-state index in [4.69, 9.17) is 9.73 Å². The third kappa shape index (κ3) is 2.19. The Hall–Kier alpha value is -1.85. The molecule has 1 aromatic carbocycles. The maximum absolute atomic E-state index is 6.20. The lowest BCUT2D eigenvalue weighted by atomic mass is 10.1. The van der Waals surface area contributed by atoms with Crippen molar-refractivity contribution in [3.8, 4) is 10.8 Å². The lowest BCUT2D eigenvalue weighted by molar-refractivity contribution is 0.134. The number of aliphatic imine (C=N–C) groups is 1. The quantitative estimate of drug-likeness (QED) is 0.726. The molecule has 2 aromatic rings. The summed E-state index contributed by atoms with van der Waals surface area (Å²) in [6.07, 6.45) is 2.60. The van der Waals surface area contributed by atoms with E-state index < -0.39 is 0 Å². The van der Waals surface area contributed by atoms with Crippen LogP contribution in [0.1, 0.15) is 23.3 Å². The predicted molar refractivity (Wildman–Crippen MR) is 97.9 cm³/mol. The van der Waals surface area contributed by atoms with E-state index in [-0.39, 0.29) is 0 Å². The van der Waals surface area contributed by atoms with Crippen LogP contribution in [0.25, 0.3) is 0 Å². The number of likely N-dealkylation sites (tertiary alicyclic amines) is 1. The fourth-order valence-electron chi connectivity index (χ4n) is 4.16. The number of rotatable bonds is 0. The monoisotopic (exact) mass is 339 g/mol. The highest BCUT2D eigenvalue weighted by atomic mass is 32.1. The van der Waals surface area contributed by atoms with E-state index in [1.54, 1.807) is 11.3 Å². The molecule has 2 atom stereocenters. The zero-order valence-electron chi connectivity index (χ0n) is 14.0. The van der Waals surface area contributed by atoms with Gasteiger partial charge in [0.15, 0.2) is 10.8 Å². The Morgan fingerprint density at radius 3 is 2.71 bits per heavy atom. The van der Waals surface area contributed by atoms with Crippen LogP contribution < -0.4 is 4.74 Å². The first-order valence-electron chi connectivity index (χ1n) is 8.62. The largest absolute Gasteiger partial charge is 0.444 e. The minimum atomic E-state index is 0.647. The second kappa shape index (κ2) is 5.33. The van der Waals surface area contributed by atoms with Crippen LogP contribution in [0.3, 0.4) is 0 Å². The van der Waals surface area contributed by atoms with Crippen molar-refractivity contribution in [3.63, 3.8) is 0 Å². The number of aryl methyl sites for hydroxylation is 1. The molecule has 0 N–H and O–H groups in total. The molecule has 0 aliphatic carbocycles. The van der Waals surface area contributed by atoms with Crippen molar-refractivity contribution >= 4 is 22.9 Å². The smallest absolute Gasteiger partial charge is 0.192 e. The lowest BCUT2D eigenvalue weighted by Crippen LogP contribution is -2.53. The van der Waals surface area contributed by atoms with E-state index in [1.165, 1.54) is 17.7 Å². The van der Waals surface area contributed by atoms with E-state index in [2.05, 4.69) is 29.8 Å². The minimum absolute atomic E-state index is 0.647. The molecule has 5 heteroatoms. The highest BCUT2D eigenvalue weighted by Gasteiger charge is 2.39. The number of amidine groups is 1. The van der Waals surface area contributed by atoms with E-state index in [0.717, 1.165) is 41.0 Å². The fourth-order valence-corrected chi connectivity index (χ4v) is 5.02. The molecule has 2 unspecified atom stereocenters. The van der Waals surface area contributed by atoms with E-state index in [0.29, 0.717) is 12.1 Å². The number of thiophene rings is 1. The van der Waals surface area contributed by atoms with Crippen molar-refractivity contribution in [2.24, 2.45) is 4.99 Å². The number of hydrogen-bond acceptors (Lipinski definition) is 5. The summed E-state index contributed by atoms with van der Waals surface area (Å²) in [4.78, 5) is 11.4. The molecule has 2 fully saturated rings. The molecule has 4 heterocycles. The number of fused-ring (bicyclic) bond motifs is 4. The van der Waals surface area contributed by atoms with Crippen molar-refractivity contribution in [1.29, 1.82) is 0 Å². The zero-order chi connectivity index (χ0) is 16.3. The van der Waals surface area contributed by atoms with Gasteiger partial charge in [-0.05, 0) is 45.0 Å². The van der Waals surface area contributed by atoms with Crippen molar-refractivity contribution in [2.45, 2.75) is 31.8 Å². The Morgan fingerprint density at radius 1 is 1.17 bits per heavy atom. The third-order valence-corrected chi connectivity index (χ3v) is 6.43. The maximum atomic E-state index is 6.20. The molecule has 2 bridgehead atoms. The molecular weight excluding hydrogens is 318 g/mol. The summed E-state index contributed by atoms with van der Waals surface area (Å²) in [5.41, 5.74) is 2.08. The van der Waals surface area contributed by atoms with Gasteiger partial charge in [0.05, 0.1) is 5.56 Å². The second-order valence-corrected chi connectivity index (χ2v) is 8.24. The van der Waals surface area contributed by atoms with Crippen LogP contribution in [0.2, 0.25) is 0 Å². The average molecular weight is 339 g/mol. The van der Waals surface area contributed by atoms with Crippen LogP contribution in [-0.4, -0.2) is 47.9 Å². The first-order valence-corrected chi connectivity index (χ1v) is 9.44. The van der Waals surface area contributed by atoms with Crippen LogP contribution >= 0.6 is 11.3 Å². The van der Waals surface area contributed by atoms with Crippen LogP contribution in [0, 0.1) is 6.92 Å². The van der Waals surface area contributed by atoms with Crippen molar-refractivity contribution in [2.75, 3.05) is 20.1 Å². The molecule has 0 saturated carbocycles. The molecule has 3 aliphatic rings. The van der Waals surface area contributed by atoms with Gasteiger partial charge in [-0.3, -0.25) is 4.90 Å². The number of nitrogens with zero attached hydrogens (tertiary/aromatic N) is 3. The fraction of sp³-hybridized carbons (Fsp3) is 0.421. The summed E-state index contributed by atoms with van der Waals surface area (Å²) in [6.45, 7) is 4.25. The van der Waals surface area contributed by atoms with Crippen LogP contribution in [0.15, 0.2) is 35.3 Å². The van der Waals surface area contributed by atoms with Crippen LogP contribution in [-0.2, 0) is 0 Å². The Labute approximate surface area is 146 Å². The summed E-state index contributed by atoms with van der Waals surface area (Å²) in [5.74, 6) is 1.94.